The van der Waals surface area contributed by atoms with E-state index >= 15 is 0 Å². The molecule has 2 atom stereocenters. The fourth-order valence-corrected chi connectivity index (χ4v) is 4.61. The normalized spacial score (nSPS) is 13.2. The number of amides is 1. The number of nitrogens with one attached hydrogen (secondary N) is 2. The van der Waals surface area contributed by atoms with Crippen LogP contribution in [0, 0.1) is 0 Å². The Morgan fingerprint density at radius 3 is 2.29 bits per heavy atom. The van der Waals surface area contributed by atoms with Crippen molar-refractivity contribution in [3.8, 4) is 5.75 Å². The van der Waals surface area contributed by atoms with Crippen LogP contribution in [-0.2, 0) is 30.9 Å². The minimum absolute atomic E-state index is 0.0395. The van der Waals surface area contributed by atoms with E-state index in [9.17, 15) is 22.8 Å². The number of thiophene rings is 1. The predicted octanol–water partition coefficient (Wildman–Crippen LogP) is 1.87. The standard InChI is InChI=1S/C20H24N2O7S2/c1-12(22-31(26,27)17-8-5-15(28-4)6-9-17)20(25)29-13(2)19(24)18-10-7-16(30-18)11-21-14(3)23/h5-10,12-13,22H,11H2,1-4H3,(H,21,23)/t12-,13?/m0/s1. The average molecular weight is 469 g/mol. The lowest BCUT2D eigenvalue weighted by Crippen LogP contribution is -2.41. The number of hydrogen-bond donors (Lipinski definition) is 2. The van der Waals surface area contributed by atoms with Crippen LogP contribution >= 0.6 is 11.3 Å². The van der Waals surface area contributed by atoms with E-state index in [-0.39, 0.29) is 10.8 Å². The Balaban J connectivity index is 1.96. The molecule has 11 heteroatoms. The summed E-state index contributed by atoms with van der Waals surface area (Å²) in [6.45, 7) is 4.44. The van der Waals surface area contributed by atoms with Gasteiger partial charge in [-0.25, -0.2) is 8.42 Å². The third-order valence-electron chi connectivity index (χ3n) is 4.13. The van der Waals surface area contributed by atoms with E-state index in [1.807, 2.05) is 0 Å². The second-order valence-electron chi connectivity index (χ2n) is 6.64. The Morgan fingerprint density at radius 1 is 1.06 bits per heavy atom. The molecule has 0 bridgehead atoms. The van der Waals surface area contributed by atoms with Crippen LogP contribution in [0.1, 0.15) is 35.3 Å². The van der Waals surface area contributed by atoms with Gasteiger partial charge in [0.25, 0.3) is 0 Å². The van der Waals surface area contributed by atoms with Gasteiger partial charge in [0.2, 0.25) is 21.7 Å². The zero-order valence-corrected chi connectivity index (χ0v) is 19.1. The molecule has 1 heterocycles. The summed E-state index contributed by atoms with van der Waals surface area (Å²) in [5.41, 5.74) is 0. The van der Waals surface area contributed by atoms with E-state index in [1.165, 1.54) is 63.5 Å². The highest BCUT2D eigenvalue weighted by atomic mass is 32.2. The van der Waals surface area contributed by atoms with E-state index in [2.05, 4.69) is 10.0 Å². The lowest BCUT2D eigenvalue weighted by Gasteiger charge is -2.17. The van der Waals surface area contributed by atoms with Gasteiger partial charge in [0.05, 0.1) is 23.4 Å². The van der Waals surface area contributed by atoms with Gasteiger partial charge >= 0.3 is 5.97 Å². The number of ether oxygens (including phenoxy) is 2. The van der Waals surface area contributed by atoms with Crippen LogP contribution < -0.4 is 14.8 Å². The molecule has 0 aliphatic heterocycles. The van der Waals surface area contributed by atoms with E-state index < -0.39 is 33.9 Å². The molecule has 168 valence electrons. The second kappa shape index (κ2) is 10.5. The van der Waals surface area contributed by atoms with Crippen LogP contribution in [0.4, 0.5) is 0 Å². The maximum atomic E-state index is 12.5. The van der Waals surface area contributed by atoms with Crippen molar-refractivity contribution >= 4 is 39.0 Å². The maximum absolute atomic E-state index is 12.5. The van der Waals surface area contributed by atoms with Gasteiger partial charge < -0.3 is 14.8 Å². The fraction of sp³-hybridized carbons (Fsp3) is 0.350. The Morgan fingerprint density at radius 2 is 1.71 bits per heavy atom. The van der Waals surface area contributed by atoms with Crippen LogP contribution in [0.25, 0.3) is 0 Å². The highest BCUT2D eigenvalue weighted by Gasteiger charge is 2.27. The molecule has 1 aromatic heterocycles. The summed E-state index contributed by atoms with van der Waals surface area (Å²) in [6, 6.07) is 7.75. The molecule has 0 saturated carbocycles. The first-order valence-corrected chi connectivity index (χ1v) is 11.6. The fourth-order valence-electron chi connectivity index (χ4n) is 2.45. The van der Waals surface area contributed by atoms with E-state index in [4.69, 9.17) is 9.47 Å². The van der Waals surface area contributed by atoms with Crippen molar-refractivity contribution in [3.05, 3.63) is 46.2 Å². The zero-order chi connectivity index (χ0) is 23.2. The number of carbonyl (C=O) groups is 3. The molecule has 0 spiro atoms. The smallest absolute Gasteiger partial charge is 0.324 e. The van der Waals surface area contributed by atoms with Crippen molar-refractivity contribution in [2.75, 3.05) is 7.11 Å². The molecule has 2 rings (SSSR count). The van der Waals surface area contributed by atoms with Gasteiger partial charge in [-0.2, -0.15) is 4.72 Å². The second-order valence-corrected chi connectivity index (χ2v) is 9.52. The molecule has 0 saturated heterocycles. The number of ketones is 1. The van der Waals surface area contributed by atoms with Gasteiger partial charge in [0, 0.05) is 11.8 Å². The summed E-state index contributed by atoms with van der Waals surface area (Å²) in [7, 11) is -2.51. The van der Waals surface area contributed by atoms with Gasteiger partial charge in [-0.1, -0.05) is 0 Å². The number of methoxy groups -OCH3 is 1. The predicted molar refractivity (Wildman–Crippen MR) is 115 cm³/mol. The van der Waals surface area contributed by atoms with Crippen LogP contribution in [0.15, 0.2) is 41.3 Å². The lowest BCUT2D eigenvalue weighted by atomic mass is 10.2. The molecule has 31 heavy (non-hydrogen) atoms. The Bertz CT molecular complexity index is 1050. The molecule has 9 nitrogen and oxygen atoms in total. The number of carbonyl (C=O) groups excluding carboxylic acids is 3. The molecular weight excluding hydrogens is 444 g/mol. The van der Waals surface area contributed by atoms with E-state index in [0.29, 0.717) is 17.2 Å². The van der Waals surface area contributed by atoms with Gasteiger partial charge in [-0.15, -0.1) is 11.3 Å². The third kappa shape index (κ3) is 6.88. The number of hydrogen-bond acceptors (Lipinski definition) is 8. The summed E-state index contributed by atoms with van der Waals surface area (Å²) in [6.07, 6.45) is -1.10. The summed E-state index contributed by atoms with van der Waals surface area (Å²) >= 11 is 1.18. The summed E-state index contributed by atoms with van der Waals surface area (Å²) in [5, 5.41) is 2.63. The van der Waals surface area contributed by atoms with Crippen molar-refractivity contribution in [2.24, 2.45) is 0 Å². The number of rotatable bonds is 10. The summed E-state index contributed by atoms with van der Waals surface area (Å²) in [5.74, 6) is -0.993. The highest BCUT2D eigenvalue weighted by molar-refractivity contribution is 7.89. The number of esters is 1. The largest absolute Gasteiger partial charge is 0.497 e. The minimum Gasteiger partial charge on any atom is -0.497 e. The summed E-state index contributed by atoms with van der Waals surface area (Å²) in [4.78, 5) is 36.9. The van der Waals surface area contributed by atoms with Crippen LogP contribution in [0.2, 0.25) is 0 Å². The average Bonchev–Trinajstić information content (AvgIpc) is 3.20. The summed E-state index contributed by atoms with van der Waals surface area (Å²) < 4.78 is 37.3. The molecule has 0 fully saturated rings. The van der Waals surface area contributed by atoms with Crippen molar-refractivity contribution in [1.82, 2.24) is 10.0 Å². The maximum Gasteiger partial charge on any atom is 0.324 e. The first-order valence-electron chi connectivity index (χ1n) is 9.27. The zero-order valence-electron chi connectivity index (χ0n) is 17.5. The molecule has 1 unspecified atom stereocenters. The minimum atomic E-state index is -3.97. The van der Waals surface area contributed by atoms with E-state index in [1.54, 1.807) is 12.1 Å². The molecule has 0 aliphatic rings. The van der Waals surface area contributed by atoms with Crippen molar-refractivity contribution in [1.29, 1.82) is 0 Å². The quantitative estimate of drug-likeness (QED) is 0.402. The van der Waals surface area contributed by atoms with Gasteiger partial charge in [0.1, 0.15) is 11.8 Å². The molecule has 0 radical (unpaired) electrons. The highest BCUT2D eigenvalue weighted by Crippen LogP contribution is 2.20. The van der Waals surface area contributed by atoms with Crippen molar-refractivity contribution in [2.45, 2.75) is 44.4 Å². The monoisotopic (exact) mass is 468 g/mol. The molecular formula is C20H24N2O7S2. The topological polar surface area (TPSA) is 128 Å². The van der Waals surface area contributed by atoms with Crippen molar-refractivity contribution in [3.63, 3.8) is 0 Å². The SMILES string of the molecule is COc1ccc(S(=O)(=O)N[C@@H](C)C(=O)OC(C)C(=O)c2ccc(CNC(C)=O)s2)cc1. The molecule has 1 aromatic carbocycles. The van der Waals surface area contributed by atoms with E-state index in [0.717, 1.165) is 4.88 Å². The molecule has 0 aliphatic carbocycles. The number of sulfonamides is 1. The lowest BCUT2D eigenvalue weighted by molar-refractivity contribution is -0.147. The van der Waals surface area contributed by atoms with Gasteiger partial charge in [-0.3, -0.25) is 14.4 Å². The van der Waals surface area contributed by atoms with Crippen molar-refractivity contribution < 1.29 is 32.3 Å². The number of benzene rings is 1. The Kier molecular flexibility index (Phi) is 8.31. The Hall–Kier alpha value is -2.76. The van der Waals surface area contributed by atoms with Gasteiger partial charge in [-0.05, 0) is 50.2 Å². The Labute approximate surface area is 184 Å². The number of Topliss-reactive ketones (excluding diaryl/α,β-unsaturated/α-hetero) is 1. The molecule has 2 N–H and O–H groups in total. The van der Waals surface area contributed by atoms with Crippen LogP contribution in [0.5, 0.6) is 5.75 Å². The first kappa shape index (κ1) is 24.5. The molecule has 1 amide bonds. The van der Waals surface area contributed by atoms with Crippen LogP contribution in [-0.4, -0.2) is 45.3 Å². The molecule has 2 aromatic rings. The van der Waals surface area contributed by atoms with Gasteiger partial charge in [0.15, 0.2) is 6.10 Å². The first-order chi connectivity index (χ1) is 14.5. The third-order valence-corrected chi connectivity index (χ3v) is 6.79. The van der Waals surface area contributed by atoms with Crippen LogP contribution in [0.3, 0.4) is 0 Å².